The van der Waals surface area contributed by atoms with Gasteiger partial charge in [0.05, 0.1) is 29.6 Å². The molecule has 0 bridgehead atoms. The Kier molecular flexibility index (Phi) is 8.13. The van der Waals surface area contributed by atoms with Crippen LogP contribution in [0.1, 0.15) is 47.1 Å². The van der Waals surface area contributed by atoms with E-state index in [0.717, 1.165) is 4.90 Å². The molecule has 2 aliphatic rings. The van der Waals surface area contributed by atoms with E-state index in [0.29, 0.717) is 11.3 Å². The lowest BCUT2D eigenvalue weighted by Gasteiger charge is -2.49. The zero-order valence-corrected chi connectivity index (χ0v) is 22.6. The minimum atomic E-state index is -1.66. The molecule has 1 saturated heterocycles. The number of hydrogen-bond donors (Lipinski definition) is 3. The molecule has 12 heteroatoms. The summed E-state index contributed by atoms with van der Waals surface area (Å²) in [6.07, 6.45) is -0.852. The first kappa shape index (κ1) is 28.3. The average Bonchev–Trinajstić information content (AvgIpc) is 2.75. The Morgan fingerprint density at radius 2 is 1.70 bits per heavy atom. The van der Waals surface area contributed by atoms with Crippen LogP contribution in [0.15, 0.2) is 35.5 Å². The molecule has 2 unspecified atom stereocenters. The molecule has 0 saturated carbocycles. The van der Waals surface area contributed by atoms with Crippen LogP contribution in [0.3, 0.4) is 0 Å². The van der Waals surface area contributed by atoms with E-state index in [4.69, 9.17) is 9.47 Å². The van der Waals surface area contributed by atoms with Gasteiger partial charge in [0.25, 0.3) is 5.91 Å². The van der Waals surface area contributed by atoms with Gasteiger partial charge in [0.2, 0.25) is 5.91 Å². The van der Waals surface area contributed by atoms with E-state index in [-0.39, 0.29) is 23.4 Å². The number of nitrogens with zero attached hydrogens (tertiary/aromatic N) is 1. The number of aliphatic hydroxyl groups is 1. The molecule has 3 amide bonds. The predicted octanol–water partition coefficient (Wildman–Crippen LogP) is 1.58. The maximum Gasteiger partial charge on any atom is 0.412 e. The topological polar surface area (TPSA) is 151 Å². The Hall–Kier alpha value is -3.25. The molecule has 2 aliphatic heterocycles. The Morgan fingerprint density at radius 1 is 1.08 bits per heavy atom. The van der Waals surface area contributed by atoms with Gasteiger partial charge in [-0.2, -0.15) is 0 Å². The molecule has 11 nitrogen and oxygen atoms in total. The molecule has 37 heavy (non-hydrogen) atoms. The molecule has 3 atom stereocenters. The highest BCUT2D eigenvalue weighted by Crippen LogP contribution is 2.36. The number of benzene rings is 1. The van der Waals surface area contributed by atoms with Crippen molar-refractivity contribution in [2.24, 2.45) is 0 Å². The fourth-order valence-corrected chi connectivity index (χ4v) is 5.57. The van der Waals surface area contributed by atoms with Crippen LogP contribution in [-0.4, -0.2) is 73.1 Å². The van der Waals surface area contributed by atoms with Gasteiger partial charge >= 0.3 is 12.1 Å². The molecule has 1 fully saturated rings. The molecular formula is C25H33N3O8S. The SMILES string of the molecule is CC(C)(C)OC(=O)Nc1ccccc1CC(=O)NC1C(=O)N2C(C(=O)OC(C)(C)C)=C(CO)CS(=O)[C@@H]12. The number of amides is 3. The monoisotopic (exact) mass is 535 g/mol. The predicted molar refractivity (Wildman–Crippen MR) is 136 cm³/mol. The lowest BCUT2D eigenvalue weighted by Crippen LogP contribution is -2.73. The summed E-state index contributed by atoms with van der Waals surface area (Å²) >= 11 is 0. The van der Waals surface area contributed by atoms with Crippen molar-refractivity contribution in [3.8, 4) is 0 Å². The van der Waals surface area contributed by atoms with E-state index in [1.54, 1.807) is 65.8 Å². The van der Waals surface area contributed by atoms with E-state index in [1.165, 1.54) is 0 Å². The molecule has 1 aromatic carbocycles. The van der Waals surface area contributed by atoms with Gasteiger partial charge in [-0.1, -0.05) is 18.2 Å². The van der Waals surface area contributed by atoms with Crippen molar-refractivity contribution in [1.29, 1.82) is 0 Å². The Labute approximate surface area is 218 Å². The van der Waals surface area contributed by atoms with Gasteiger partial charge in [-0.3, -0.25) is 24.0 Å². The number of para-hydroxylation sites is 1. The molecule has 0 spiro atoms. The first-order chi connectivity index (χ1) is 17.1. The second-order valence-corrected chi connectivity index (χ2v) is 12.3. The lowest BCUT2D eigenvalue weighted by molar-refractivity contribution is -0.159. The van der Waals surface area contributed by atoms with Crippen molar-refractivity contribution in [2.45, 2.75) is 70.6 Å². The van der Waals surface area contributed by atoms with E-state index >= 15 is 0 Å². The maximum atomic E-state index is 13.0. The quantitative estimate of drug-likeness (QED) is 0.367. The summed E-state index contributed by atoms with van der Waals surface area (Å²) < 4.78 is 23.5. The number of carbonyl (C=O) groups is 4. The number of ether oxygens (including phenoxy) is 2. The highest BCUT2D eigenvalue weighted by molar-refractivity contribution is 7.86. The normalized spacial score (nSPS) is 21.5. The summed E-state index contributed by atoms with van der Waals surface area (Å²) in [5.41, 5.74) is -0.688. The van der Waals surface area contributed by atoms with Gasteiger partial charge in [0.1, 0.15) is 28.3 Å². The number of nitrogens with one attached hydrogen (secondary N) is 2. The summed E-state index contributed by atoms with van der Waals surface area (Å²) in [6.45, 7) is 9.62. The van der Waals surface area contributed by atoms with Gasteiger partial charge in [-0.15, -0.1) is 0 Å². The first-order valence-electron chi connectivity index (χ1n) is 11.7. The number of hydrogen-bond acceptors (Lipinski definition) is 8. The number of fused-ring (bicyclic) bond motifs is 1. The van der Waals surface area contributed by atoms with Crippen molar-refractivity contribution in [2.75, 3.05) is 17.7 Å². The van der Waals surface area contributed by atoms with E-state index in [9.17, 15) is 28.5 Å². The Balaban J connectivity index is 1.73. The van der Waals surface area contributed by atoms with Crippen LogP contribution >= 0.6 is 0 Å². The maximum absolute atomic E-state index is 13.0. The van der Waals surface area contributed by atoms with Crippen LogP contribution in [0.5, 0.6) is 0 Å². The average molecular weight is 536 g/mol. The lowest BCUT2D eigenvalue weighted by atomic mass is 10.0. The number of anilines is 1. The molecule has 0 aliphatic carbocycles. The minimum Gasteiger partial charge on any atom is -0.455 e. The molecule has 0 aromatic heterocycles. The molecule has 1 aromatic rings. The van der Waals surface area contributed by atoms with Crippen molar-refractivity contribution in [3.63, 3.8) is 0 Å². The van der Waals surface area contributed by atoms with Crippen LogP contribution in [0.4, 0.5) is 10.5 Å². The molecular weight excluding hydrogens is 502 g/mol. The number of β-lactam (4-membered cyclic amide) rings is 1. The van der Waals surface area contributed by atoms with Gasteiger partial charge in [0.15, 0.2) is 0 Å². The Morgan fingerprint density at radius 3 is 2.30 bits per heavy atom. The minimum absolute atomic E-state index is 0.130. The van der Waals surface area contributed by atoms with Crippen molar-refractivity contribution >= 4 is 40.4 Å². The van der Waals surface area contributed by atoms with Crippen molar-refractivity contribution in [1.82, 2.24) is 10.2 Å². The van der Waals surface area contributed by atoms with E-state index in [2.05, 4.69) is 10.6 Å². The largest absolute Gasteiger partial charge is 0.455 e. The van der Waals surface area contributed by atoms with Crippen molar-refractivity contribution < 1.29 is 38.0 Å². The standard InChI is InChI=1S/C25H33N3O8S/c1-24(2,3)35-22(32)19-15(12-29)13-37(34)21-18(20(31)28(19)21)27-17(30)11-14-9-7-8-10-16(14)26-23(33)36-25(4,5)6/h7-10,18,21,29H,11-13H2,1-6H3,(H,26,33)(H,27,30)/t18?,21-,37?/m0/s1. The third-order valence-electron chi connectivity index (χ3n) is 5.31. The van der Waals surface area contributed by atoms with Crippen LogP contribution in [-0.2, 0) is 41.1 Å². The summed E-state index contributed by atoms with van der Waals surface area (Å²) in [5.74, 6) is -2.10. The van der Waals surface area contributed by atoms with Crippen molar-refractivity contribution in [3.05, 3.63) is 41.1 Å². The first-order valence-corrected chi connectivity index (χ1v) is 13.1. The summed E-state index contributed by atoms with van der Waals surface area (Å²) in [5, 5.41) is 14.0. The van der Waals surface area contributed by atoms with E-state index < -0.39 is 63.9 Å². The molecule has 202 valence electrons. The summed E-state index contributed by atoms with van der Waals surface area (Å²) in [6, 6.07) is 5.54. The van der Waals surface area contributed by atoms with Crippen LogP contribution in [0, 0.1) is 0 Å². The third-order valence-corrected chi connectivity index (χ3v) is 6.96. The van der Waals surface area contributed by atoms with Gasteiger partial charge in [0, 0.05) is 5.69 Å². The highest BCUT2D eigenvalue weighted by Gasteiger charge is 2.57. The zero-order valence-electron chi connectivity index (χ0n) is 21.7. The van der Waals surface area contributed by atoms with E-state index in [1.807, 2.05) is 0 Å². The summed E-state index contributed by atoms with van der Waals surface area (Å²) in [7, 11) is -1.66. The molecule has 2 heterocycles. The van der Waals surface area contributed by atoms with Gasteiger partial charge < -0.3 is 19.9 Å². The van der Waals surface area contributed by atoms with Crippen LogP contribution in [0.25, 0.3) is 0 Å². The second-order valence-electron chi connectivity index (χ2n) is 10.7. The highest BCUT2D eigenvalue weighted by atomic mass is 32.2. The number of carbonyl (C=O) groups excluding carboxylic acids is 4. The fourth-order valence-electron chi connectivity index (χ4n) is 3.90. The zero-order chi connectivity index (χ0) is 27.7. The number of esters is 1. The molecule has 0 radical (unpaired) electrons. The van der Waals surface area contributed by atoms with Crippen LogP contribution < -0.4 is 10.6 Å². The smallest absolute Gasteiger partial charge is 0.412 e. The van der Waals surface area contributed by atoms with Crippen LogP contribution in [0.2, 0.25) is 0 Å². The van der Waals surface area contributed by atoms with Gasteiger partial charge in [-0.25, -0.2) is 9.59 Å². The molecule has 3 rings (SSSR count). The number of aliphatic hydroxyl groups excluding tert-OH is 1. The third kappa shape index (κ3) is 6.75. The van der Waals surface area contributed by atoms with Gasteiger partial charge in [-0.05, 0) is 58.7 Å². The summed E-state index contributed by atoms with van der Waals surface area (Å²) in [4.78, 5) is 51.9. The Bertz CT molecular complexity index is 1170. The second kappa shape index (κ2) is 10.6. The number of rotatable bonds is 6. The molecule has 3 N–H and O–H groups in total. The fraction of sp³-hybridized carbons (Fsp3) is 0.520.